The molecule has 1 aliphatic carbocycles. The maximum Gasteiger partial charge on any atom is 0.115 e. The van der Waals surface area contributed by atoms with Crippen LogP contribution in [0.1, 0.15) is 24.8 Å². The first-order chi connectivity index (χ1) is 5.59. The summed E-state index contributed by atoms with van der Waals surface area (Å²) < 4.78 is 0. The second kappa shape index (κ2) is 2.23. The van der Waals surface area contributed by atoms with E-state index in [4.69, 9.17) is 5.73 Å². The molecule has 0 aliphatic heterocycles. The van der Waals surface area contributed by atoms with Crippen LogP contribution in [0.4, 0.5) is 0 Å². The summed E-state index contributed by atoms with van der Waals surface area (Å²) in [6, 6.07) is 7.35. The average Bonchev–Trinajstić information content (AvgIpc) is 2.60. The molecule has 1 aromatic carbocycles. The zero-order chi connectivity index (χ0) is 8.77. The minimum absolute atomic E-state index is 0.0478. The van der Waals surface area contributed by atoms with Crippen LogP contribution in [0.2, 0.25) is 0 Å². The number of rotatable bonds is 1. The summed E-state index contributed by atoms with van der Waals surface area (Å²) in [5, 5.41) is 9.22. The van der Waals surface area contributed by atoms with E-state index < -0.39 is 0 Å². The molecule has 0 radical (unpaired) electrons. The third-order valence-electron chi connectivity index (χ3n) is 2.55. The predicted molar refractivity (Wildman–Crippen MR) is 48.1 cm³/mol. The topological polar surface area (TPSA) is 46.2 Å². The number of phenols is 1. The van der Waals surface area contributed by atoms with Gasteiger partial charge in [-0.15, -0.1) is 0 Å². The quantitative estimate of drug-likeness (QED) is 0.660. The lowest BCUT2D eigenvalue weighted by molar-refractivity contribution is 0.474. The van der Waals surface area contributed by atoms with Gasteiger partial charge in [-0.05, 0) is 31.0 Å². The summed E-state index contributed by atoms with van der Waals surface area (Å²) in [5.41, 5.74) is 7.01. The minimum atomic E-state index is -0.0478. The van der Waals surface area contributed by atoms with Crippen molar-refractivity contribution < 1.29 is 5.11 Å². The molecule has 64 valence electrons. The molecule has 2 rings (SSSR count). The van der Waals surface area contributed by atoms with Gasteiger partial charge < -0.3 is 10.8 Å². The smallest absolute Gasteiger partial charge is 0.115 e. The van der Waals surface area contributed by atoms with E-state index in [9.17, 15) is 5.11 Å². The molecule has 2 nitrogen and oxygen atoms in total. The van der Waals surface area contributed by atoms with E-state index in [-0.39, 0.29) is 5.54 Å². The number of benzene rings is 1. The summed E-state index contributed by atoms with van der Waals surface area (Å²) in [6.07, 6.45) is 1.02. The Morgan fingerprint density at radius 1 is 1.58 bits per heavy atom. The molecule has 0 saturated heterocycles. The van der Waals surface area contributed by atoms with E-state index in [0.29, 0.717) is 11.7 Å². The molecule has 1 fully saturated rings. The van der Waals surface area contributed by atoms with Gasteiger partial charge in [0.05, 0.1) is 0 Å². The zero-order valence-electron chi connectivity index (χ0n) is 7.12. The molecule has 2 heteroatoms. The lowest BCUT2D eigenvalue weighted by Gasteiger charge is -2.03. The van der Waals surface area contributed by atoms with Gasteiger partial charge in [0.15, 0.2) is 0 Å². The molecule has 0 bridgehead atoms. The third-order valence-corrected chi connectivity index (χ3v) is 2.55. The van der Waals surface area contributed by atoms with Crippen LogP contribution in [0.5, 0.6) is 5.75 Å². The molecule has 0 amide bonds. The van der Waals surface area contributed by atoms with Crippen molar-refractivity contribution in [3.8, 4) is 5.75 Å². The Balaban J connectivity index is 2.26. The fraction of sp³-hybridized carbons (Fsp3) is 0.400. The van der Waals surface area contributed by atoms with Crippen LogP contribution in [0.3, 0.4) is 0 Å². The van der Waals surface area contributed by atoms with Crippen LogP contribution in [-0.2, 0) is 0 Å². The minimum Gasteiger partial charge on any atom is -0.508 e. The highest BCUT2D eigenvalue weighted by Gasteiger charge is 2.47. The molecular weight excluding hydrogens is 150 g/mol. The Morgan fingerprint density at radius 2 is 2.25 bits per heavy atom. The van der Waals surface area contributed by atoms with Gasteiger partial charge in [0, 0.05) is 11.5 Å². The molecule has 2 unspecified atom stereocenters. The van der Waals surface area contributed by atoms with Gasteiger partial charge in [0.25, 0.3) is 0 Å². The van der Waals surface area contributed by atoms with E-state index in [0.717, 1.165) is 12.0 Å². The van der Waals surface area contributed by atoms with Gasteiger partial charge in [0.1, 0.15) is 5.75 Å². The molecule has 1 saturated carbocycles. The molecule has 0 spiro atoms. The SMILES string of the molecule is CC1(N)CC1c1cccc(O)c1. The van der Waals surface area contributed by atoms with Gasteiger partial charge in [-0.3, -0.25) is 0 Å². The van der Waals surface area contributed by atoms with E-state index in [1.807, 2.05) is 19.1 Å². The Kier molecular flexibility index (Phi) is 1.42. The van der Waals surface area contributed by atoms with Crippen LogP contribution in [0.25, 0.3) is 0 Å². The Bertz CT molecular complexity index is 306. The summed E-state index contributed by atoms with van der Waals surface area (Å²) in [6.45, 7) is 2.04. The highest BCUT2D eigenvalue weighted by molar-refractivity contribution is 5.36. The largest absolute Gasteiger partial charge is 0.508 e. The van der Waals surface area contributed by atoms with Crippen molar-refractivity contribution >= 4 is 0 Å². The van der Waals surface area contributed by atoms with E-state index in [2.05, 4.69) is 0 Å². The van der Waals surface area contributed by atoms with Gasteiger partial charge in [0.2, 0.25) is 0 Å². The summed E-state index contributed by atoms with van der Waals surface area (Å²) in [5.74, 6) is 0.764. The van der Waals surface area contributed by atoms with Gasteiger partial charge in [-0.25, -0.2) is 0 Å². The Hall–Kier alpha value is -1.02. The fourth-order valence-corrected chi connectivity index (χ4v) is 1.62. The van der Waals surface area contributed by atoms with Crippen LogP contribution >= 0.6 is 0 Å². The number of aromatic hydroxyl groups is 1. The first-order valence-electron chi connectivity index (χ1n) is 4.17. The fourth-order valence-electron chi connectivity index (χ4n) is 1.62. The second-order valence-electron chi connectivity index (χ2n) is 3.86. The van der Waals surface area contributed by atoms with Crippen molar-refractivity contribution in [2.45, 2.75) is 24.8 Å². The molecule has 3 N–H and O–H groups in total. The third kappa shape index (κ3) is 1.18. The Labute approximate surface area is 72.0 Å². The van der Waals surface area contributed by atoms with Crippen molar-refractivity contribution in [3.05, 3.63) is 29.8 Å². The average molecular weight is 163 g/mol. The van der Waals surface area contributed by atoms with Gasteiger partial charge in [-0.2, -0.15) is 0 Å². The van der Waals surface area contributed by atoms with Crippen LogP contribution in [0, 0.1) is 0 Å². The second-order valence-corrected chi connectivity index (χ2v) is 3.86. The zero-order valence-corrected chi connectivity index (χ0v) is 7.12. The van der Waals surface area contributed by atoms with Crippen molar-refractivity contribution in [1.29, 1.82) is 0 Å². The number of hydrogen-bond donors (Lipinski definition) is 2. The highest BCUT2D eigenvalue weighted by Crippen LogP contribution is 2.49. The number of nitrogens with two attached hydrogens (primary N) is 1. The molecule has 0 aromatic heterocycles. The molecular formula is C10H13NO. The van der Waals surface area contributed by atoms with Gasteiger partial charge in [-0.1, -0.05) is 12.1 Å². The molecule has 1 aliphatic rings. The summed E-state index contributed by atoms with van der Waals surface area (Å²) in [4.78, 5) is 0. The monoisotopic (exact) mass is 163 g/mol. The molecule has 12 heavy (non-hydrogen) atoms. The summed E-state index contributed by atoms with van der Waals surface area (Å²) >= 11 is 0. The van der Waals surface area contributed by atoms with E-state index in [1.54, 1.807) is 12.1 Å². The van der Waals surface area contributed by atoms with E-state index >= 15 is 0 Å². The lowest BCUT2D eigenvalue weighted by atomic mass is 10.1. The van der Waals surface area contributed by atoms with Crippen molar-refractivity contribution in [3.63, 3.8) is 0 Å². The first kappa shape index (κ1) is 7.62. The number of phenolic OH excluding ortho intramolecular Hbond substituents is 1. The highest BCUT2D eigenvalue weighted by atomic mass is 16.3. The summed E-state index contributed by atoms with van der Waals surface area (Å²) in [7, 11) is 0. The van der Waals surface area contributed by atoms with Crippen molar-refractivity contribution in [1.82, 2.24) is 0 Å². The maximum atomic E-state index is 9.22. The maximum absolute atomic E-state index is 9.22. The van der Waals surface area contributed by atoms with Crippen LogP contribution in [0.15, 0.2) is 24.3 Å². The predicted octanol–water partition coefficient (Wildman–Crippen LogP) is 1.60. The van der Waals surface area contributed by atoms with Gasteiger partial charge >= 0.3 is 0 Å². The van der Waals surface area contributed by atoms with Crippen molar-refractivity contribution in [2.24, 2.45) is 5.73 Å². The molecule has 1 aromatic rings. The lowest BCUT2D eigenvalue weighted by Crippen LogP contribution is -2.18. The van der Waals surface area contributed by atoms with E-state index in [1.165, 1.54) is 0 Å². The van der Waals surface area contributed by atoms with Crippen LogP contribution in [-0.4, -0.2) is 10.6 Å². The first-order valence-corrected chi connectivity index (χ1v) is 4.17. The molecule has 0 heterocycles. The Morgan fingerprint density at radius 3 is 2.75 bits per heavy atom. The molecule has 2 atom stereocenters. The van der Waals surface area contributed by atoms with Crippen molar-refractivity contribution in [2.75, 3.05) is 0 Å². The normalized spacial score (nSPS) is 33.3. The number of hydrogen-bond acceptors (Lipinski definition) is 2. The standard InChI is InChI=1S/C10H13NO/c1-10(11)6-9(10)7-3-2-4-8(12)5-7/h2-5,9,12H,6,11H2,1H3. The van der Waals surface area contributed by atoms with Crippen LogP contribution < -0.4 is 5.73 Å².